The van der Waals surface area contributed by atoms with Crippen LogP contribution in [0.15, 0.2) is 59.6 Å². The lowest BCUT2D eigenvalue weighted by Gasteiger charge is -2.21. The molecule has 0 atom stereocenters. The molecule has 2 aromatic carbocycles. The molecule has 0 bridgehead atoms. The minimum absolute atomic E-state index is 0.195. The van der Waals surface area contributed by atoms with Crippen LogP contribution in [0.5, 0.6) is 0 Å². The fraction of sp³-hybridized carbons (Fsp3) is 0.263. The van der Waals surface area contributed by atoms with Gasteiger partial charge in [-0.3, -0.25) is 4.79 Å². The van der Waals surface area contributed by atoms with Gasteiger partial charge >= 0.3 is 0 Å². The van der Waals surface area contributed by atoms with Crippen molar-refractivity contribution in [2.45, 2.75) is 19.9 Å². The third kappa shape index (κ3) is 5.19. The van der Waals surface area contributed by atoms with E-state index in [1.165, 1.54) is 24.3 Å². The van der Waals surface area contributed by atoms with Crippen molar-refractivity contribution in [2.75, 3.05) is 13.7 Å². The van der Waals surface area contributed by atoms with Crippen molar-refractivity contribution >= 4 is 11.9 Å². The molecule has 0 aliphatic carbocycles. The van der Waals surface area contributed by atoms with Crippen molar-refractivity contribution in [1.82, 2.24) is 4.90 Å². The van der Waals surface area contributed by atoms with Crippen LogP contribution in [-0.4, -0.2) is 30.5 Å². The van der Waals surface area contributed by atoms with Gasteiger partial charge in [0.25, 0.3) is 11.9 Å². The van der Waals surface area contributed by atoms with E-state index in [-0.39, 0.29) is 11.6 Å². The smallest absolute Gasteiger partial charge is 0.295 e. The second-order valence-electron chi connectivity index (χ2n) is 5.40. The van der Waals surface area contributed by atoms with Gasteiger partial charge in [-0.1, -0.05) is 43.3 Å². The van der Waals surface area contributed by atoms with Gasteiger partial charge in [-0.05, 0) is 30.2 Å². The van der Waals surface area contributed by atoms with E-state index >= 15 is 0 Å². The molecule has 0 aliphatic heterocycles. The predicted molar refractivity (Wildman–Crippen MR) is 92.3 cm³/mol. The molecule has 2 rings (SSSR count). The molecule has 2 aromatic rings. The number of rotatable bonds is 5. The normalized spacial score (nSPS) is 11.2. The molecule has 0 aromatic heterocycles. The highest BCUT2D eigenvalue weighted by Gasteiger charge is 2.13. The minimum Gasteiger partial charge on any atom is -0.465 e. The molecule has 0 heterocycles. The second-order valence-corrected chi connectivity index (χ2v) is 5.40. The van der Waals surface area contributed by atoms with E-state index in [1.54, 1.807) is 11.9 Å². The van der Waals surface area contributed by atoms with Gasteiger partial charge in [0, 0.05) is 19.2 Å². The minimum atomic E-state index is -0.527. The van der Waals surface area contributed by atoms with E-state index in [9.17, 15) is 9.18 Å². The van der Waals surface area contributed by atoms with Crippen LogP contribution in [0, 0.1) is 5.82 Å². The zero-order valence-electron chi connectivity index (χ0n) is 13.9. The SMILES string of the molecule is CCCOC(=NC(=O)c1cccc(F)c1)N(C)Cc1ccccc1. The van der Waals surface area contributed by atoms with Crippen molar-refractivity contribution in [1.29, 1.82) is 0 Å². The van der Waals surface area contributed by atoms with E-state index in [0.717, 1.165) is 12.0 Å². The van der Waals surface area contributed by atoms with Crippen LogP contribution < -0.4 is 0 Å². The van der Waals surface area contributed by atoms with Gasteiger partial charge in [0.1, 0.15) is 5.82 Å². The molecule has 1 amide bonds. The van der Waals surface area contributed by atoms with Gasteiger partial charge in [-0.2, -0.15) is 4.99 Å². The number of ether oxygens (including phenoxy) is 1. The Hall–Kier alpha value is -2.69. The first-order valence-corrected chi connectivity index (χ1v) is 7.86. The summed E-state index contributed by atoms with van der Waals surface area (Å²) in [7, 11) is 1.81. The Morgan fingerprint density at radius 2 is 1.92 bits per heavy atom. The maximum atomic E-state index is 13.3. The number of aliphatic imine (C=N–C) groups is 1. The number of carbonyl (C=O) groups is 1. The molecule has 5 heteroatoms. The fourth-order valence-corrected chi connectivity index (χ4v) is 2.12. The van der Waals surface area contributed by atoms with Crippen molar-refractivity contribution in [2.24, 2.45) is 4.99 Å². The molecular weight excluding hydrogens is 307 g/mol. The Kier molecular flexibility index (Phi) is 6.49. The molecule has 0 N–H and O–H groups in total. The van der Waals surface area contributed by atoms with Crippen LogP contribution in [0.2, 0.25) is 0 Å². The van der Waals surface area contributed by atoms with Crippen LogP contribution >= 0.6 is 0 Å². The Bertz CT molecular complexity index is 702. The highest BCUT2D eigenvalue weighted by molar-refractivity contribution is 6.01. The first-order chi connectivity index (χ1) is 11.6. The zero-order valence-corrected chi connectivity index (χ0v) is 13.9. The number of amidine groups is 1. The predicted octanol–water partition coefficient (Wildman–Crippen LogP) is 3.88. The number of halogens is 1. The number of nitrogens with zero attached hydrogens (tertiary/aromatic N) is 2. The number of amides is 1. The van der Waals surface area contributed by atoms with E-state index < -0.39 is 11.7 Å². The summed E-state index contributed by atoms with van der Waals surface area (Å²) in [5, 5.41) is 0. The van der Waals surface area contributed by atoms with E-state index in [1.807, 2.05) is 37.3 Å². The van der Waals surface area contributed by atoms with E-state index in [4.69, 9.17) is 4.74 Å². The topological polar surface area (TPSA) is 41.9 Å². The maximum absolute atomic E-state index is 13.3. The van der Waals surface area contributed by atoms with Crippen LogP contribution in [0.1, 0.15) is 29.3 Å². The summed E-state index contributed by atoms with van der Waals surface area (Å²) >= 11 is 0. The molecule has 126 valence electrons. The molecule has 0 aliphatic rings. The van der Waals surface area contributed by atoms with Gasteiger partial charge < -0.3 is 9.64 Å². The molecule has 0 spiro atoms. The summed E-state index contributed by atoms with van der Waals surface area (Å²) in [6, 6.07) is 15.5. The standard InChI is InChI=1S/C19H21FN2O2/c1-3-12-24-19(22(2)14-15-8-5-4-6-9-15)21-18(23)16-10-7-11-17(20)13-16/h4-11,13H,3,12,14H2,1-2H3. The number of hydrogen-bond donors (Lipinski definition) is 0. The van der Waals surface area contributed by atoms with E-state index in [2.05, 4.69) is 4.99 Å². The first kappa shape index (κ1) is 17.7. The Balaban J connectivity index is 2.18. The fourth-order valence-electron chi connectivity index (χ4n) is 2.12. The van der Waals surface area contributed by atoms with Crippen molar-refractivity contribution in [3.8, 4) is 0 Å². The molecule has 0 radical (unpaired) electrons. The quantitative estimate of drug-likeness (QED) is 0.618. The summed E-state index contributed by atoms with van der Waals surface area (Å²) in [6.07, 6.45) is 0.798. The highest BCUT2D eigenvalue weighted by Crippen LogP contribution is 2.08. The largest absolute Gasteiger partial charge is 0.465 e. The van der Waals surface area contributed by atoms with E-state index in [0.29, 0.717) is 13.2 Å². The molecule has 4 nitrogen and oxygen atoms in total. The molecule has 0 unspecified atom stereocenters. The van der Waals surface area contributed by atoms with Crippen molar-refractivity contribution in [3.05, 3.63) is 71.5 Å². The Labute approximate surface area is 141 Å². The number of carbonyl (C=O) groups excluding carboxylic acids is 1. The van der Waals surface area contributed by atoms with Gasteiger partial charge in [-0.15, -0.1) is 0 Å². The van der Waals surface area contributed by atoms with Gasteiger partial charge in [0.05, 0.1) is 6.61 Å². The number of benzene rings is 2. The van der Waals surface area contributed by atoms with Crippen LogP contribution in [-0.2, 0) is 11.3 Å². The molecular formula is C19H21FN2O2. The second kappa shape index (κ2) is 8.82. The summed E-state index contributed by atoms with van der Waals surface area (Å²) in [6.45, 7) is 2.98. The maximum Gasteiger partial charge on any atom is 0.295 e. The molecule has 24 heavy (non-hydrogen) atoms. The Morgan fingerprint density at radius 1 is 1.17 bits per heavy atom. The lowest BCUT2D eigenvalue weighted by Crippen LogP contribution is -2.30. The van der Waals surface area contributed by atoms with Crippen molar-refractivity contribution in [3.63, 3.8) is 0 Å². The summed E-state index contributed by atoms with van der Waals surface area (Å²) in [5.41, 5.74) is 1.27. The molecule has 0 saturated heterocycles. The van der Waals surface area contributed by atoms with Crippen molar-refractivity contribution < 1.29 is 13.9 Å². The van der Waals surface area contributed by atoms with Gasteiger partial charge in [0.15, 0.2) is 0 Å². The van der Waals surface area contributed by atoms with Crippen LogP contribution in [0.3, 0.4) is 0 Å². The average Bonchev–Trinajstić information content (AvgIpc) is 2.59. The lowest BCUT2D eigenvalue weighted by molar-refractivity contribution is 0.0993. The monoisotopic (exact) mass is 328 g/mol. The average molecular weight is 328 g/mol. The van der Waals surface area contributed by atoms with Crippen LogP contribution in [0.4, 0.5) is 4.39 Å². The summed E-state index contributed by atoms with van der Waals surface area (Å²) in [4.78, 5) is 18.1. The van der Waals surface area contributed by atoms with Crippen LogP contribution in [0.25, 0.3) is 0 Å². The third-order valence-corrected chi connectivity index (χ3v) is 3.29. The lowest BCUT2D eigenvalue weighted by atomic mass is 10.2. The third-order valence-electron chi connectivity index (χ3n) is 3.29. The summed E-state index contributed by atoms with van der Waals surface area (Å²) in [5.74, 6) is -0.995. The molecule has 0 fully saturated rings. The zero-order chi connectivity index (χ0) is 17.4. The van der Waals surface area contributed by atoms with Gasteiger partial charge in [-0.25, -0.2) is 4.39 Å². The number of hydrogen-bond acceptors (Lipinski definition) is 2. The first-order valence-electron chi connectivity index (χ1n) is 7.86. The highest BCUT2D eigenvalue weighted by atomic mass is 19.1. The molecule has 0 saturated carbocycles. The Morgan fingerprint density at radius 3 is 2.58 bits per heavy atom. The summed E-state index contributed by atoms with van der Waals surface area (Å²) < 4.78 is 18.9. The van der Waals surface area contributed by atoms with Gasteiger partial charge in [0.2, 0.25) is 0 Å².